The third-order valence-electron chi connectivity index (χ3n) is 2.77. The summed E-state index contributed by atoms with van der Waals surface area (Å²) in [5.74, 6) is 2.01. The Kier molecular flexibility index (Phi) is 2.13. The van der Waals surface area contributed by atoms with Crippen molar-refractivity contribution < 1.29 is 9.53 Å². The van der Waals surface area contributed by atoms with Gasteiger partial charge in [-0.3, -0.25) is 0 Å². The molecule has 0 aromatic heterocycles. The van der Waals surface area contributed by atoms with Gasteiger partial charge in [-0.2, -0.15) is 0 Å². The third kappa shape index (κ3) is 1.16. The zero-order valence-electron chi connectivity index (χ0n) is 7.03. The van der Waals surface area contributed by atoms with Crippen LogP contribution in [0.15, 0.2) is 12.2 Å². The van der Waals surface area contributed by atoms with E-state index >= 15 is 0 Å². The van der Waals surface area contributed by atoms with Crippen molar-refractivity contribution in [2.45, 2.75) is 12.8 Å². The summed E-state index contributed by atoms with van der Waals surface area (Å²) in [7, 11) is 0. The molecule has 0 N–H and O–H groups in total. The number of rotatable bonds is 3. The van der Waals surface area contributed by atoms with Crippen LogP contribution < -0.4 is 0 Å². The quantitative estimate of drug-likeness (QED) is 0.510. The maximum atomic E-state index is 9.80. The molecule has 2 rings (SSSR count). The van der Waals surface area contributed by atoms with E-state index in [0.29, 0.717) is 18.4 Å². The number of allylic oxidation sites excluding steroid dienone is 2. The Bertz CT molecular complexity index is 191. The third-order valence-corrected chi connectivity index (χ3v) is 2.77. The van der Waals surface area contributed by atoms with E-state index in [2.05, 4.69) is 16.9 Å². The number of hydrogen-bond donors (Lipinski definition) is 0. The first-order chi connectivity index (χ1) is 5.40. The first kappa shape index (κ1) is 8.31. The van der Waals surface area contributed by atoms with Gasteiger partial charge in [-0.05, 0) is 30.6 Å². The van der Waals surface area contributed by atoms with Crippen LogP contribution in [0.2, 0.25) is 0 Å². The Labute approximate surface area is 66.2 Å². The van der Waals surface area contributed by atoms with Crippen molar-refractivity contribution in [1.29, 1.82) is 0 Å². The molecule has 2 aliphatic carbocycles. The van der Waals surface area contributed by atoms with E-state index in [9.17, 15) is 4.79 Å². The van der Waals surface area contributed by atoms with Crippen LogP contribution in [0, 0.1) is 17.8 Å². The zero-order valence-corrected chi connectivity index (χ0v) is 13.4. The molecule has 3 unspecified atom stereocenters. The second kappa shape index (κ2) is 3.07. The fourth-order valence-electron chi connectivity index (χ4n) is 2.23. The molecule has 0 aromatic carbocycles. The largest absolute Gasteiger partial charge is 0.652 e. The summed E-state index contributed by atoms with van der Waals surface area (Å²) in [4.78, 5) is 9.80. The minimum atomic E-state index is 0. The molecule has 0 amide bonds. The molecule has 3 atom stereocenters. The van der Waals surface area contributed by atoms with Crippen LogP contribution in [-0.4, -0.2) is 13.1 Å². The van der Waals surface area contributed by atoms with Crippen LogP contribution in [0.4, 0.5) is 0 Å². The second-order valence-corrected chi connectivity index (χ2v) is 3.43. The van der Waals surface area contributed by atoms with Crippen molar-refractivity contribution in [3.8, 4) is 0 Å². The summed E-state index contributed by atoms with van der Waals surface area (Å²) >= 11 is 0. The molecule has 12 heavy (non-hydrogen) atoms. The normalized spacial score (nSPS) is 36.2. The molecule has 3 heteroatoms. The number of ether oxygens (including phenoxy) is 1. The smallest absolute Gasteiger partial charge is 0.0515 e. The molecule has 0 saturated heterocycles. The molecule has 62 valence electrons. The van der Waals surface area contributed by atoms with Crippen molar-refractivity contribution in [3.63, 3.8) is 0 Å². The minimum absolute atomic E-state index is 0. The second-order valence-electron chi connectivity index (χ2n) is 3.43. The van der Waals surface area contributed by atoms with Crippen molar-refractivity contribution >= 4 is 6.47 Å². The van der Waals surface area contributed by atoms with Gasteiger partial charge in [0.25, 0.3) is 0 Å². The Balaban J connectivity index is 0.000000720. The molecule has 0 aromatic rings. The first-order valence-corrected chi connectivity index (χ1v) is 4.07. The first-order valence-electron chi connectivity index (χ1n) is 4.07. The molecule has 2 aliphatic rings. The molecule has 1 fully saturated rings. The number of fused-ring (bicyclic) bond motifs is 2. The molecule has 0 spiro atoms. The van der Waals surface area contributed by atoms with Gasteiger partial charge >= 0.3 is 0 Å². The van der Waals surface area contributed by atoms with Crippen molar-refractivity contribution in [2.75, 3.05) is 6.61 Å². The van der Waals surface area contributed by atoms with E-state index in [0.717, 1.165) is 5.92 Å². The van der Waals surface area contributed by atoms with Crippen LogP contribution in [-0.2, 0) is 9.53 Å². The topological polar surface area (TPSA) is 26.3 Å². The summed E-state index contributed by atoms with van der Waals surface area (Å²) in [6.45, 7) is 2.04. The van der Waals surface area contributed by atoms with Crippen LogP contribution >= 0.6 is 0 Å². The van der Waals surface area contributed by atoms with E-state index in [-0.39, 0.29) is 0 Å². The maximum absolute atomic E-state index is 9.80. The molecule has 0 radical (unpaired) electrons. The monoisotopic (exact) mass is 418 g/mol. The van der Waals surface area contributed by atoms with Gasteiger partial charge in [0.1, 0.15) is 0 Å². The summed E-state index contributed by atoms with van der Waals surface area (Å²) in [5.41, 5.74) is 0. The van der Waals surface area contributed by atoms with E-state index in [1.807, 2.05) is 0 Å². The minimum Gasteiger partial charge on any atom is -0.652 e. The zero-order chi connectivity index (χ0) is 7.68. The van der Waals surface area contributed by atoms with Crippen molar-refractivity contribution in [3.05, 3.63) is 12.2 Å². The molecule has 2 bridgehead atoms. The summed E-state index contributed by atoms with van der Waals surface area (Å²) in [5, 5.41) is 0. The predicted molar refractivity (Wildman–Crippen MR) is 40.5 cm³/mol. The van der Waals surface area contributed by atoms with Crippen LogP contribution in [0.25, 0.3) is 0 Å². The molecule has 0 heterocycles. The molecule has 0 aliphatic heterocycles. The van der Waals surface area contributed by atoms with Crippen LogP contribution in [0.1, 0.15) is 12.8 Å². The van der Waals surface area contributed by atoms with Gasteiger partial charge in [-0.1, -0.05) is 18.6 Å². The van der Waals surface area contributed by atoms with E-state index in [1.165, 1.54) is 19.3 Å². The van der Waals surface area contributed by atoms with Gasteiger partial charge in [-0.15, -0.1) is 0 Å². The number of hydrogen-bond acceptors (Lipinski definition) is 2. The summed E-state index contributed by atoms with van der Waals surface area (Å²) in [6, 6.07) is 0. The molecular weight excluding hydrogens is 407 g/mol. The summed E-state index contributed by atoms with van der Waals surface area (Å²) in [6.07, 6.45) is 7.01. The van der Waals surface area contributed by atoms with Crippen molar-refractivity contribution in [1.82, 2.24) is 0 Å². The van der Waals surface area contributed by atoms with Gasteiger partial charge in [0.15, 0.2) is 0 Å². The van der Waals surface area contributed by atoms with Gasteiger partial charge < -0.3 is 9.53 Å². The SMILES string of the molecule is O=[C-]OCC1CC2C=CC1C2.[Rf]. The molecule has 1 saturated carbocycles. The Morgan fingerprint density at radius 2 is 2.25 bits per heavy atom. The fourth-order valence-corrected chi connectivity index (χ4v) is 2.23. The maximum Gasteiger partial charge on any atom is 0.0515 e. The molecule has 2 nitrogen and oxygen atoms in total. The number of carbonyl (C=O) groups excluding carboxylic acids is 1. The van der Waals surface area contributed by atoms with Gasteiger partial charge in [0, 0.05) is 0 Å². The van der Waals surface area contributed by atoms with E-state index < -0.39 is 0 Å². The van der Waals surface area contributed by atoms with E-state index in [1.54, 1.807) is 0 Å². The Morgan fingerprint density at radius 1 is 1.42 bits per heavy atom. The Morgan fingerprint density at radius 3 is 2.75 bits per heavy atom. The van der Waals surface area contributed by atoms with Gasteiger partial charge in [0.05, 0.1) is 6.61 Å². The fraction of sp³-hybridized carbons (Fsp3) is 0.667. The average molecular weight is 418 g/mol. The Hall–Kier alpha value is -1.79. The molecular formula is C9H11O2Rf-. The van der Waals surface area contributed by atoms with E-state index in [4.69, 9.17) is 0 Å². The standard InChI is InChI=1S/C9H11O2.Rf/c10-6-11-5-9-4-7-1-2-8(9)3-7;/h1-2,7-9H,3-5H2;/q-1;. The van der Waals surface area contributed by atoms with Gasteiger partial charge in [-0.25, -0.2) is 0 Å². The predicted octanol–water partition coefficient (Wildman–Crippen LogP) is 1.28. The van der Waals surface area contributed by atoms with Crippen LogP contribution in [0.5, 0.6) is 0 Å². The summed E-state index contributed by atoms with van der Waals surface area (Å²) < 4.78 is 4.63. The van der Waals surface area contributed by atoms with Crippen molar-refractivity contribution in [2.24, 2.45) is 17.8 Å². The average Bonchev–Trinajstić information content (AvgIpc) is 2.60. The van der Waals surface area contributed by atoms with Gasteiger partial charge in [0.2, 0.25) is 0 Å². The van der Waals surface area contributed by atoms with Crippen LogP contribution in [0.3, 0.4) is 0 Å².